The molecule has 32 heavy (non-hydrogen) atoms. The molecule has 4 heterocycles. The third-order valence-corrected chi connectivity index (χ3v) is 11.5. The average Bonchev–Trinajstić information content (AvgIpc) is 3.06. The zero-order valence-corrected chi connectivity index (χ0v) is 19.5. The minimum Gasteiger partial charge on any atom is -0.508 e. The van der Waals surface area contributed by atoms with Gasteiger partial charge in [-0.15, -0.1) is 0 Å². The highest BCUT2D eigenvalue weighted by Gasteiger charge is 2.39. The lowest BCUT2D eigenvalue weighted by atomic mass is 10.0. The number of esters is 1. The summed E-state index contributed by atoms with van der Waals surface area (Å²) in [5, 5.41) is 21.5. The van der Waals surface area contributed by atoms with Crippen molar-refractivity contribution in [2.45, 2.75) is 49.7 Å². The number of nitrogens with zero attached hydrogens (tertiary/aromatic N) is 2. The average molecular weight is 455 g/mol. The summed E-state index contributed by atoms with van der Waals surface area (Å²) in [6.07, 6.45) is 3.02. The molecule has 0 radical (unpaired) electrons. The van der Waals surface area contributed by atoms with Gasteiger partial charge in [0.1, 0.15) is 12.4 Å². The van der Waals surface area contributed by atoms with Crippen LogP contribution < -0.4 is 5.56 Å². The third-order valence-electron chi connectivity index (χ3n) is 6.93. The number of fused-ring (bicyclic) bond motifs is 5. The van der Waals surface area contributed by atoms with Gasteiger partial charge in [-0.05, 0) is 41.5 Å². The largest absolute Gasteiger partial charge is 0.508 e. The number of aliphatic hydroxyl groups is 1. The van der Waals surface area contributed by atoms with Gasteiger partial charge in [0.05, 0.1) is 29.0 Å². The Labute approximate surface area is 187 Å². The van der Waals surface area contributed by atoms with E-state index in [2.05, 4.69) is 33.3 Å². The lowest BCUT2D eigenvalue weighted by molar-refractivity contribution is -0.157. The highest BCUT2D eigenvalue weighted by atomic mass is 32.3. The number of hydrogen-bond acceptors (Lipinski definition) is 6. The van der Waals surface area contributed by atoms with Gasteiger partial charge in [-0.25, -0.2) is 19.8 Å². The van der Waals surface area contributed by atoms with Gasteiger partial charge in [-0.1, -0.05) is 20.8 Å². The van der Waals surface area contributed by atoms with Gasteiger partial charge >= 0.3 is 5.97 Å². The number of hydrogen-bond donors (Lipinski definition) is 2. The summed E-state index contributed by atoms with van der Waals surface area (Å²) in [7, 11) is -1.41. The van der Waals surface area contributed by atoms with Crippen molar-refractivity contribution in [3.05, 3.63) is 51.3 Å². The van der Waals surface area contributed by atoms with Crippen LogP contribution in [0.3, 0.4) is 0 Å². The number of benzene rings is 1. The zero-order valence-electron chi connectivity index (χ0n) is 18.7. The fraction of sp³-hybridized carbons (Fsp3) is 0.375. The fourth-order valence-corrected chi connectivity index (χ4v) is 6.57. The van der Waals surface area contributed by atoms with Crippen LogP contribution >= 0.6 is 10.0 Å². The topological polar surface area (TPSA) is 102 Å². The Hall–Kier alpha value is -2.84. The van der Waals surface area contributed by atoms with E-state index in [9.17, 15) is 19.8 Å². The maximum Gasteiger partial charge on any atom is 0.340 e. The molecule has 0 unspecified atom stereocenters. The molecular weight excluding hydrogens is 428 g/mol. The molecule has 2 aliphatic heterocycles. The van der Waals surface area contributed by atoms with Crippen molar-refractivity contribution in [3.8, 4) is 17.1 Å². The Morgan fingerprint density at radius 1 is 1.16 bits per heavy atom. The summed E-state index contributed by atoms with van der Waals surface area (Å²) in [6.45, 7) is 6.82. The van der Waals surface area contributed by atoms with Crippen LogP contribution in [0.5, 0.6) is 5.75 Å². The molecule has 0 spiro atoms. The van der Waals surface area contributed by atoms with Crippen LogP contribution in [-0.2, 0) is 22.7 Å². The molecular formula is C24H26N2O5S. The van der Waals surface area contributed by atoms with Gasteiger partial charge in [0.25, 0.3) is 5.56 Å². The molecule has 0 aliphatic carbocycles. The van der Waals surface area contributed by atoms with Crippen LogP contribution in [0.25, 0.3) is 22.3 Å². The van der Waals surface area contributed by atoms with Crippen LogP contribution in [-0.4, -0.2) is 43.0 Å². The molecule has 2 N–H and O–H groups in total. The van der Waals surface area contributed by atoms with Crippen molar-refractivity contribution in [3.63, 3.8) is 0 Å². The van der Waals surface area contributed by atoms with Gasteiger partial charge in [0.2, 0.25) is 0 Å². The number of pyridine rings is 2. The molecule has 7 nitrogen and oxygen atoms in total. The molecule has 3 aromatic rings. The summed E-state index contributed by atoms with van der Waals surface area (Å²) in [4.78, 5) is 31.2. The fourth-order valence-electron chi connectivity index (χ4n) is 4.47. The van der Waals surface area contributed by atoms with E-state index in [4.69, 9.17) is 9.72 Å². The molecule has 0 bridgehead atoms. The van der Waals surface area contributed by atoms with Gasteiger partial charge in [-0.2, -0.15) is 0 Å². The normalized spacial score (nSPS) is 18.2. The predicted octanol–water partition coefficient (Wildman–Crippen LogP) is 3.44. The van der Waals surface area contributed by atoms with E-state index in [0.717, 1.165) is 21.4 Å². The van der Waals surface area contributed by atoms with Crippen LogP contribution in [0.2, 0.25) is 0 Å². The van der Waals surface area contributed by atoms with Crippen LogP contribution in [0, 0.1) is 0 Å². The summed E-state index contributed by atoms with van der Waals surface area (Å²) in [5.41, 5.74) is 3.30. The molecule has 2 aliphatic rings. The number of cyclic esters (lactones) is 1. The Morgan fingerprint density at radius 3 is 2.56 bits per heavy atom. The molecule has 5 rings (SSSR count). The van der Waals surface area contributed by atoms with Gasteiger partial charge in [0, 0.05) is 21.4 Å². The Morgan fingerprint density at radius 2 is 1.88 bits per heavy atom. The number of aromatic nitrogens is 2. The first-order valence-electron chi connectivity index (χ1n) is 10.4. The standard InChI is InChI=1S/C24H26N2O5S/c1-24(2,3)32(4,5)21-14-8-12(27)6-7-17(14)25-19-15(21)10-26-18(19)9-13-16(22(26)29)11-31-23(30)20(13)28/h6-9,20,27-28H,10-11H2,1-5H3/t20-/m0/s1. The zero-order chi connectivity index (χ0) is 23.2. The summed E-state index contributed by atoms with van der Waals surface area (Å²) in [5.74, 6) is -0.576. The van der Waals surface area contributed by atoms with E-state index in [1.54, 1.807) is 28.8 Å². The minimum absolute atomic E-state index is 0.0457. The maximum absolute atomic E-state index is 13.3. The lowest BCUT2D eigenvalue weighted by Gasteiger charge is -2.46. The van der Waals surface area contributed by atoms with Crippen LogP contribution in [0.1, 0.15) is 43.6 Å². The van der Waals surface area contributed by atoms with E-state index >= 15 is 0 Å². The van der Waals surface area contributed by atoms with Crippen LogP contribution in [0.15, 0.2) is 34.0 Å². The minimum atomic E-state index is -1.48. The van der Waals surface area contributed by atoms with Crippen LogP contribution in [0.4, 0.5) is 0 Å². The Balaban J connectivity index is 1.87. The number of phenols is 1. The number of carbonyl (C=O) groups excluding carboxylic acids is 1. The monoisotopic (exact) mass is 454 g/mol. The predicted molar refractivity (Wildman–Crippen MR) is 124 cm³/mol. The van der Waals surface area contributed by atoms with Gasteiger partial charge in [-0.3, -0.25) is 4.79 Å². The summed E-state index contributed by atoms with van der Waals surface area (Å²) >= 11 is 0. The van der Waals surface area contributed by atoms with Crippen molar-refractivity contribution in [1.29, 1.82) is 0 Å². The molecule has 2 aromatic heterocycles. The lowest BCUT2D eigenvalue weighted by Crippen LogP contribution is -2.32. The van der Waals surface area contributed by atoms with E-state index < -0.39 is 22.1 Å². The summed E-state index contributed by atoms with van der Waals surface area (Å²) in [6, 6.07) is 6.86. The van der Waals surface area contributed by atoms with Gasteiger partial charge < -0.3 is 19.5 Å². The number of aromatic hydroxyl groups is 1. The highest BCUT2D eigenvalue weighted by Crippen LogP contribution is 2.63. The SMILES string of the molecule is CC(C)(C)S(C)(C)c1c2c(nc3ccc(O)cc13)-c1cc3c(c(=O)n1C2)COC(=O)[C@H]3O. The first kappa shape index (κ1) is 21.0. The van der Waals surface area contributed by atoms with Crippen molar-refractivity contribution in [2.24, 2.45) is 0 Å². The second-order valence-corrected chi connectivity index (χ2v) is 14.1. The molecule has 1 aromatic carbocycles. The van der Waals surface area contributed by atoms with E-state index in [1.165, 1.54) is 0 Å². The number of rotatable bonds is 1. The Bertz CT molecular complexity index is 1380. The van der Waals surface area contributed by atoms with Crippen molar-refractivity contribution in [2.75, 3.05) is 12.5 Å². The second kappa shape index (κ2) is 6.59. The van der Waals surface area contributed by atoms with E-state index in [-0.39, 0.29) is 22.7 Å². The quantitative estimate of drug-likeness (QED) is 0.427. The first-order valence-corrected chi connectivity index (χ1v) is 12.9. The first-order chi connectivity index (χ1) is 14.9. The number of ether oxygens (including phenoxy) is 1. The smallest absolute Gasteiger partial charge is 0.340 e. The highest BCUT2D eigenvalue weighted by molar-refractivity contribution is 8.33. The second-order valence-electron chi connectivity index (χ2n) is 9.77. The van der Waals surface area contributed by atoms with Crippen molar-refractivity contribution >= 4 is 26.9 Å². The Kier molecular flexibility index (Phi) is 4.33. The molecule has 0 saturated heterocycles. The number of phenolic OH excluding ortho intramolecular Hbond substituents is 1. The van der Waals surface area contributed by atoms with Crippen molar-refractivity contribution < 1.29 is 19.7 Å². The maximum atomic E-state index is 13.3. The van der Waals surface area contributed by atoms with E-state index in [1.807, 2.05) is 0 Å². The molecule has 0 saturated carbocycles. The number of carbonyl (C=O) groups is 1. The third kappa shape index (κ3) is 2.75. The molecule has 1 atom stereocenters. The molecule has 8 heteroatoms. The van der Waals surface area contributed by atoms with E-state index in [0.29, 0.717) is 29.1 Å². The molecule has 0 fully saturated rings. The van der Waals surface area contributed by atoms with Crippen molar-refractivity contribution in [1.82, 2.24) is 9.55 Å². The molecule has 0 amide bonds. The number of aliphatic hydroxyl groups excluding tert-OH is 1. The van der Waals surface area contributed by atoms with Gasteiger partial charge in [0.15, 0.2) is 6.10 Å². The molecule has 168 valence electrons. The summed E-state index contributed by atoms with van der Waals surface area (Å²) < 4.78 is 6.60.